The molecule has 4 atom stereocenters. The zero-order chi connectivity index (χ0) is 18.0. The Balaban J connectivity index is 1.63. The molecule has 2 aliphatic rings. The SMILES string of the molecule is CCOC(=O)[C@@H]1[C@H]2CN(C(=O)CCc3ccnn3C)C[C@@H]2C=C[C@@H]1C. The summed E-state index contributed by atoms with van der Waals surface area (Å²) in [6, 6.07) is 1.94. The Bertz CT molecular complexity index is 667. The lowest BCUT2D eigenvalue weighted by atomic mass is 9.72. The summed E-state index contributed by atoms with van der Waals surface area (Å²) in [5, 5.41) is 4.14. The van der Waals surface area contributed by atoms with Gasteiger partial charge in [-0.15, -0.1) is 0 Å². The fourth-order valence-electron chi connectivity index (χ4n) is 4.14. The third-order valence-corrected chi connectivity index (χ3v) is 5.53. The smallest absolute Gasteiger partial charge is 0.309 e. The van der Waals surface area contributed by atoms with Crippen molar-refractivity contribution in [2.24, 2.45) is 30.7 Å². The Hall–Kier alpha value is -2.11. The second kappa shape index (κ2) is 7.42. The maximum absolute atomic E-state index is 12.6. The third-order valence-electron chi connectivity index (χ3n) is 5.53. The van der Waals surface area contributed by atoms with Crippen LogP contribution in [-0.4, -0.2) is 46.3 Å². The van der Waals surface area contributed by atoms with Gasteiger partial charge in [0.2, 0.25) is 5.91 Å². The lowest BCUT2D eigenvalue weighted by Gasteiger charge is -2.31. The van der Waals surface area contributed by atoms with Crippen molar-refractivity contribution in [1.82, 2.24) is 14.7 Å². The molecule has 1 aromatic heterocycles. The highest BCUT2D eigenvalue weighted by atomic mass is 16.5. The van der Waals surface area contributed by atoms with Crippen LogP contribution in [0, 0.1) is 23.7 Å². The number of esters is 1. The standard InChI is InChI=1S/C19H27N3O3/c1-4-25-19(24)18-13(2)5-6-14-11-22(12-16(14)18)17(23)8-7-15-9-10-20-21(15)3/h5-6,9-10,13-14,16,18H,4,7-8,11-12H2,1-3H3/t13-,14-,16-,18-/m0/s1. The van der Waals surface area contributed by atoms with E-state index in [1.807, 2.05) is 24.9 Å². The molecule has 1 aromatic rings. The largest absolute Gasteiger partial charge is 0.466 e. The van der Waals surface area contributed by atoms with Gasteiger partial charge in [0.1, 0.15) is 0 Å². The molecular formula is C19H27N3O3. The minimum absolute atomic E-state index is 0.126. The molecule has 6 nitrogen and oxygen atoms in total. The molecule has 0 saturated carbocycles. The van der Waals surface area contributed by atoms with E-state index in [9.17, 15) is 9.59 Å². The fourth-order valence-corrected chi connectivity index (χ4v) is 4.14. The Morgan fingerprint density at radius 2 is 2.12 bits per heavy atom. The van der Waals surface area contributed by atoms with Gasteiger partial charge >= 0.3 is 5.97 Å². The first-order valence-corrected chi connectivity index (χ1v) is 9.10. The van der Waals surface area contributed by atoms with E-state index in [0.717, 1.165) is 5.69 Å². The monoisotopic (exact) mass is 345 g/mol. The van der Waals surface area contributed by atoms with Crippen molar-refractivity contribution in [3.8, 4) is 0 Å². The summed E-state index contributed by atoms with van der Waals surface area (Å²) in [4.78, 5) is 26.9. The third kappa shape index (κ3) is 3.62. The summed E-state index contributed by atoms with van der Waals surface area (Å²) < 4.78 is 7.08. The average Bonchev–Trinajstić information content (AvgIpc) is 3.18. The molecule has 0 unspecified atom stereocenters. The average molecular weight is 345 g/mol. The van der Waals surface area contributed by atoms with E-state index in [4.69, 9.17) is 4.74 Å². The molecule has 1 amide bonds. The number of likely N-dealkylation sites (tertiary alicyclic amines) is 1. The Morgan fingerprint density at radius 3 is 2.80 bits per heavy atom. The van der Waals surface area contributed by atoms with Crippen LogP contribution in [0.25, 0.3) is 0 Å². The van der Waals surface area contributed by atoms with Gasteiger partial charge in [0, 0.05) is 38.4 Å². The van der Waals surface area contributed by atoms with Crippen LogP contribution in [0.5, 0.6) is 0 Å². The van der Waals surface area contributed by atoms with E-state index in [1.165, 1.54) is 0 Å². The lowest BCUT2D eigenvalue weighted by molar-refractivity contribution is -0.152. The summed E-state index contributed by atoms with van der Waals surface area (Å²) in [6.07, 6.45) is 7.20. The van der Waals surface area contributed by atoms with Crippen molar-refractivity contribution in [3.05, 3.63) is 30.1 Å². The van der Waals surface area contributed by atoms with Crippen LogP contribution in [0.4, 0.5) is 0 Å². The first kappa shape index (κ1) is 17.7. The molecule has 1 fully saturated rings. The van der Waals surface area contributed by atoms with Crippen molar-refractivity contribution < 1.29 is 14.3 Å². The van der Waals surface area contributed by atoms with Crippen LogP contribution in [0.1, 0.15) is 26.0 Å². The number of rotatable bonds is 5. The van der Waals surface area contributed by atoms with Gasteiger partial charge in [-0.05, 0) is 37.2 Å². The second-order valence-electron chi connectivity index (χ2n) is 7.09. The number of aryl methyl sites for hydroxylation is 2. The number of fused-ring (bicyclic) bond motifs is 1. The molecule has 25 heavy (non-hydrogen) atoms. The minimum atomic E-state index is -0.148. The normalized spacial score (nSPS) is 28.0. The molecule has 1 saturated heterocycles. The number of carbonyl (C=O) groups is 2. The molecule has 0 bridgehead atoms. The highest BCUT2D eigenvalue weighted by molar-refractivity contribution is 5.78. The van der Waals surface area contributed by atoms with E-state index >= 15 is 0 Å². The van der Waals surface area contributed by atoms with Gasteiger partial charge in [0.05, 0.1) is 12.5 Å². The van der Waals surface area contributed by atoms with Gasteiger partial charge < -0.3 is 9.64 Å². The number of aromatic nitrogens is 2. The summed E-state index contributed by atoms with van der Waals surface area (Å²) in [5.74, 6) is 0.457. The van der Waals surface area contributed by atoms with Crippen LogP contribution in [0.15, 0.2) is 24.4 Å². The van der Waals surface area contributed by atoms with Crippen LogP contribution >= 0.6 is 0 Å². The predicted molar refractivity (Wildman–Crippen MR) is 93.5 cm³/mol. The van der Waals surface area contributed by atoms with E-state index in [2.05, 4.69) is 24.2 Å². The molecule has 1 aliphatic carbocycles. The zero-order valence-corrected chi connectivity index (χ0v) is 15.2. The molecule has 2 heterocycles. The molecule has 1 aliphatic heterocycles. The number of carbonyl (C=O) groups excluding carboxylic acids is 2. The van der Waals surface area contributed by atoms with Gasteiger partial charge in [0.25, 0.3) is 0 Å². The van der Waals surface area contributed by atoms with Crippen molar-refractivity contribution in [2.45, 2.75) is 26.7 Å². The van der Waals surface area contributed by atoms with Gasteiger partial charge in [-0.1, -0.05) is 19.1 Å². The molecule has 3 rings (SSSR count). The summed E-state index contributed by atoms with van der Waals surface area (Å²) >= 11 is 0. The molecule has 0 spiro atoms. The summed E-state index contributed by atoms with van der Waals surface area (Å²) in [5.41, 5.74) is 1.06. The quantitative estimate of drug-likeness (QED) is 0.603. The zero-order valence-electron chi connectivity index (χ0n) is 15.2. The first-order valence-electron chi connectivity index (χ1n) is 9.10. The number of hydrogen-bond donors (Lipinski definition) is 0. The molecule has 6 heteroatoms. The minimum Gasteiger partial charge on any atom is -0.466 e. The van der Waals surface area contributed by atoms with Crippen LogP contribution < -0.4 is 0 Å². The van der Waals surface area contributed by atoms with E-state index < -0.39 is 0 Å². The molecule has 0 N–H and O–H groups in total. The molecular weight excluding hydrogens is 318 g/mol. The van der Waals surface area contributed by atoms with Gasteiger partial charge in [0.15, 0.2) is 0 Å². The number of nitrogens with zero attached hydrogens (tertiary/aromatic N) is 3. The van der Waals surface area contributed by atoms with Crippen LogP contribution in [-0.2, 0) is 27.8 Å². The fraction of sp³-hybridized carbons (Fsp3) is 0.632. The Labute approximate surface area is 148 Å². The van der Waals surface area contributed by atoms with Crippen LogP contribution in [0.3, 0.4) is 0 Å². The topological polar surface area (TPSA) is 64.4 Å². The Morgan fingerprint density at radius 1 is 1.32 bits per heavy atom. The van der Waals surface area contributed by atoms with E-state index in [-0.39, 0.29) is 35.5 Å². The number of amides is 1. The maximum atomic E-state index is 12.6. The number of allylic oxidation sites excluding steroid dienone is 1. The van der Waals surface area contributed by atoms with Crippen molar-refractivity contribution >= 4 is 11.9 Å². The highest BCUT2D eigenvalue weighted by Gasteiger charge is 2.45. The number of hydrogen-bond acceptors (Lipinski definition) is 4. The van der Waals surface area contributed by atoms with Gasteiger partial charge in [-0.2, -0.15) is 5.10 Å². The summed E-state index contributed by atoms with van der Waals surface area (Å²) in [7, 11) is 1.89. The van der Waals surface area contributed by atoms with E-state index in [1.54, 1.807) is 10.9 Å². The van der Waals surface area contributed by atoms with Crippen molar-refractivity contribution in [2.75, 3.05) is 19.7 Å². The first-order chi connectivity index (χ1) is 12.0. The van der Waals surface area contributed by atoms with E-state index in [0.29, 0.717) is 32.5 Å². The van der Waals surface area contributed by atoms with Crippen molar-refractivity contribution in [1.29, 1.82) is 0 Å². The predicted octanol–water partition coefficient (Wildman–Crippen LogP) is 1.81. The second-order valence-corrected chi connectivity index (χ2v) is 7.09. The number of ether oxygens (including phenoxy) is 1. The molecule has 0 radical (unpaired) electrons. The molecule has 0 aromatic carbocycles. The highest BCUT2D eigenvalue weighted by Crippen LogP contribution is 2.40. The van der Waals surface area contributed by atoms with Crippen LogP contribution in [0.2, 0.25) is 0 Å². The Kier molecular flexibility index (Phi) is 5.25. The van der Waals surface area contributed by atoms with Gasteiger partial charge in [-0.3, -0.25) is 14.3 Å². The van der Waals surface area contributed by atoms with Crippen molar-refractivity contribution in [3.63, 3.8) is 0 Å². The maximum Gasteiger partial charge on any atom is 0.309 e. The summed E-state index contributed by atoms with van der Waals surface area (Å²) in [6.45, 7) is 5.64. The van der Waals surface area contributed by atoms with Gasteiger partial charge in [-0.25, -0.2) is 0 Å². The lowest BCUT2D eigenvalue weighted by Crippen LogP contribution is -2.37. The molecule has 136 valence electrons.